The van der Waals surface area contributed by atoms with Gasteiger partial charge in [-0.2, -0.15) is 5.10 Å². The molecule has 0 radical (unpaired) electrons. The molecule has 0 aliphatic heterocycles. The summed E-state index contributed by atoms with van der Waals surface area (Å²) in [7, 11) is 0. The van der Waals surface area contributed by atoms with Crippen LogP contribution in [0.1, 0.15) is 30.9 Å². The molecule has 1 unspecified atom stereocenters. The fourth-order valence-electron chi connectivity index (χ4n) is 2.85. The molecule has 2 aromatic rings. The Kier molecular flexibility index (Phi) is 4.90. The molecule has 1 saturated carbocycles. The second kappa shape index (κ2) is 7.07. The van der Waals surface area contributed by atoms with Gasteiger partial charge < -0.3 is 5.11 Å². The molecular weight excluding hydrogens is 274 g/mol. The Bertz CT molecular complexity index is 561. The lowest BCUT2D eigenvalue weighted by Crippen LogP contribution is -2.36. The Morgan fingerprint density at radius 3 is 2.59 bits per heavy atom. The number of nitrogens with zero attached hydrogens (tertiary/aromatic N) is 3. The fraction of sp³-hybridized carbons (Fsp3) is 0.500. The van der Waals surface area contributed by atoms with Crippen molar-refractivity contribution in [2.24, 2.45) is 0 Å². The highest BCUT2D eigenvalue weighted by Gasteiger charge is 2.30. The summed E-state index contributed by atoms with van der Waals surface area (Å²) >= 11 is 0. The van der Waals surface area contributed by atoms with Crippen LogP contribution in [-0.2, 0) is 19.5 Å². The van der Waals surface area contributed by atoms with Crippen LogP contribution in [0.4, 0.5) is 0 Å². The van der Waals surface area contributed by atoms with E-state index in [0.717, 1.165) is 13.0 Å². The van der Waals surface area contributed by atoms with Crippen LogP contribution in [0.5, 0.6) is 0 Å². The van der Waals surface area contributed by atoms with Gasteiger partial charge >= 0.3 is 0 Å². The molecule has 1 heterocycles. The second-order valence-corrected chi connectivity index (χ2v) is 6.21. The van der Waals surface area contributed by atoms with E-state index in [1.807, 2.05) is 12.3 Å². The van der Waals surface area contributed by atoms with E-state index >= 15 is 0 Å². The van der Waals surface area contributed by atoms with Gasteiger partial charge in [0, 0.05) is 31.5 Å². The Labute approximate surface area is 132 Å². The van der Waals surface area contributed by atoms with Gasteiger partial charge in [-0.25, -0.2) is 0 Å². The van der Waals surface area contributed by atoms with Crippen molar-refractivity contribution in [1.29, 1.82) is 0 Å². The minimum Gasteiger partial charge on any atom is -0.390 e. The van der Waals surface area contributed by atoms with Gasteiger partial charge in [0.1, 0.15) is 0 Å². The third kappa shape index (κ3) is 4.18. The number of aryl methyl sites for hydroxylation is 1. The number of aliphatic hydroxyl groups excluding tert-OH is 1. The Hall–Kier alpha value is -1.65. The van der Waals surface area contributed by atoms with Gasteiger partial charge in [-0.3, -0.25) is 9.58 Å². The monoisotopic (exact) mass is 299 g/mol. The number of rotatable bonds is 8. The van der Waals surface area contributed by atoms with E-state index in [1.54, 1.807) is 10.9 Å². The molecule has 0 amide bonds. The molecule has 1 atom stereocenters. The van der Waals surface area contributed by atoms with Crippen molar-refractivity contribution in [3.05, 3.63) is 53.9 Å². The Balaban J connectivity index is 1.57. The topological polar surface area (TPSA) is 41.3 Å². The third-order valence-corrected chi connectivity index (χ3v) is 4.28. The molecule has 1 aliphatic rings. The second-order valence-electron chi connectivity index (χ2n) is 6.21. The van der Waals surface area contributed by atoms with E-state index in [2.05, 4.69) is 41.2 Å². The van der Waals surface area contributed by atoms with Gasteiger partial charge in [-0.1, -0.05) is 31.2 Å². The summed E-state index contributed by atoms with van der Waals surface area (Å²) in [6, 6.07) is 11.4. The number of benzene rings is 1. The maximum absolute atomic E-state index is 10.3. The van der Waals surface area contributed by atoms with Crippen LogP contribution < -0.4 is 0 Å². The van der Waals surface area contributed by atoms with Gasteiger partial charge in [-0.15, -0.1) is 0 Å². The van der Waals surface area contributed by atoms with Crippen molar-refractivity contribution >= 4 is 0 Å². The average Bonchev–Trinajstić information content (AvgIpc) is 3.26. The maximum atomic E-state index is 10.3. The van der Waals surface area contributed by atoms with E-state index in [9.17, 15) is 5.11 Å². The molecule has 22 heavy (non-hydrogen) atoms. The largest absolute Gasteiger partial charge is 0.390 e. The minimum absolute atomic E-state index is 0.379. The first-order valence-corrected chi connectivity index (χ1v) is 8.22. The van der Waals surface area contributed by atoms with Crippen molar-refractivity contribution in [3.63, 3.8) is 0 Å². The molecule has 4 nitrogen and oxygen atoms in total. The number of hydrogen-bond donors (Lipinski definition) is 1. The standard InChI is InChI=1S/C18H25N3O/c1-2-15-4-6-16(7-5-15)12-20(17-8-9-17)13-18(22)14-21-11-3-10-19-21/h3-7,10-11,17-18,22H,2,8-9,12-14H2,1H3. The summed E-state index contributed by atoms with van der Waals surface area (Å²) < 4.78 is 1.80. The molecule has 3 rings (SSSR count). The summed E-state index contributed by atoms with van der Waals surface area (Å²) in [4.78, 5) is 2.41. The first kappa shape index (κ1) is 15.3. The van der Waals surface area contributed by atoms with Gasteiger partial charge in [0.15, 0.2) is 0 Å². The molecule has 1 N–H and O–H groups in total. The van der Waals surface area contributed by atoms with Gasteiger partial charge in [0.05, 0.1) is 12.6 Å². The van der Waals surface area contributed by atoms with Crippen LogP contribution >= 0.6 is 0 Å². The van der Waals surface area contributed by atoms with Gasteiger partial charge in [0.25, 0.3) is 0 Å². The highest BCUT2D eigenvalue weighted by atomic mass is 16.3. The lowest BCUT2D eigenvalue weighted by molar-refractivity contribution is 0.0875. The maximum Gasteiger partial charge on any atom is 0.0862 e. The van der Waals surface area contributed by atoms with E-state index in [1.165, 1.54) is 24.0 Å². The summed E-state index contributed by atoms with van der Waals surface area (Å²) in [6.45, 7) is 4.37. The van der Waals surface area contributed by atoms with Crippen molar-refractivity contribution in [2.75, 3.05) is 6.54 Å². The highest BCUT2D eigenvalue weighted by Crippen LogP contribution is 2.28. The molecule has 0 bridgehead atoms. The molecule has 0 spiro atoms. The smallest absolute Gasteiger partial charge is 0.0862 e. The quantitative estimate of drug-likeness (QED) is 0.814. The summed E-state index contributed by atoms with van der Waals surface area (Å²) in [5.74, 6) is 0. The van der Waals surface area contributed by atoms with Crippen LogP contribution in [0.25, 0.3) is 0 Å². The van der Waals surface area contributed by atoms with Crippen molar-refractivity contribution < 1.29 is 5.11 Å². The number of aromatic nitrogens is 2. The van der Waals surface area contributed by atoms with E-state index < -0.39 is 0 Å². The molecule has 4 heteroatoms. The lowest BCUT2D eigenvalue weighted by Gasteiger charge is -2.25. The zero-order chi connectivity index (χ0) is 15.4. The fourth-order valence-corrected chi connectivity index (χ4v) is 2.85. The zero-order valence-electron chi connectivity index (χ0n) is 13.2. The van der Waals surface area contributed by atoms with E-state index in [-0.39, 0.29) is 6.10 Å². The first-order valence-electron chi connectivity index (χ1n) is 8.22. The Morgan fingerprint density at radius 1 is 1.27 bits per heavy atom. The normalized spacial score (nSPS) is 16.1. The van der Waals surface area contributed by atoms with Crippen molar-refractivity contribution in [1.82, 2.24) is 14.7 Å². The van der Waals surface area contributed by atoms with Gasteiger partial charge in [-0.05, 0) is 36.5 Å². The molecule has 1 aliphatic carbocycles. The first-order chi connectivity index (χ1) is 10.7. The SMILES string of the molecule is CCc1ccc(CN(CC(O)Cn2cccn2)C2CC2)cc1. The average molecular weight is 299 g/mol. The molecule has 1 aromatic heterocycles. The van der Waals surface area contributed by atoms with Crippen LogP contribution in [-0.4, -0.2) is 38.5 Å². The number of aliphatic hydroxyl groups is 1. The van der Waals surface area contributed by atoms with E-state index in [4.69, 9.17) is 0 Å². The molecule has 118 valence electrons. The van der Waals surface area contributed by atoms with Crippen molar-refractivity contribution in [2.45, 2.75) is 51.4 Å². The van der Waals surface area contributed by atoms with Crippen LogP contribution in [0.15, 0.2) is 42.7 Å². The molecule has 0 saturated heterocycles. The van der Waals surface area contributed by atoms with Crippen LogP contribution in [0.3, 0.4) is 0 Å². The Morgan fingerprint density at radius 2 is 2.00 bits per heavy atom. The molecule has 1 aromatic carbocycles. The van der Waals surface area contributed by atoms with Crippen LogP contribution in [0, 0.1) is 0 Å². The van der Waals surface area contributed by atoms with E-state index in [0.29, 0.717) is 19.1 Å². The van der Waals surface area contributed by atoms with Gasteiger partial charge in [0.2, 0.25) is 0 Å². The highest BCUT2D eigenvalue weighted by molar-refractivity contribution is 5.22. The summed E-state index contributed by atoms with van der Waals surface area (Å²) in [5.41, 5.74) is 2.70. The molecule has 1 fully saturated rings. The lowest BCUT2D eigenvalue weighted by atomic mass is 10.1. The minimum atomic E-state index is -0.379. The zero-order valence-corrected chi connectivity index (χ0v) is 13.2. The predicted molar refractivity (Wildman–Crippen MR) is 87.5 cm³/mol. The molecular formula is C18H25N3O. The summed E-state index contributed by atoms with van der Waals surface area (Å²) in [5, 5.41) is 14.5. The van der Waals surface area contributed by atoms with Crippen LogP contribution in [0.2, 0.25) is 0 Å². The van der Waals surface area contributed by atoms with Crippen molar-refractivity contribution in [3.8, 4) is 0 Å². The third-order valence-electron chi connectivity index (χ3n) is 4.28. The predicted octanol–water partition coefficient (Wildman–Crippen LogP) is 2.47. The number of hydrogen-bond acceptors (Lipinski definition) is 3. The summed E-state index contributed by atoms with van der Waals surface area (Å²) in [6.07, 6.45) is 6.85.